The molecule has 0 saturated carbocycles. The van der Waals surface area contributed by atoms with E-state index in [2.05, 4.69) is 45.8 Å². The molecule has 1 aliphatic heterocycles. The van der Waals surface area contributed by atoms with Gasteiger partial charge in [-0.2, -0.15) is 0 Å². The van der Waals surface area contributed by atoms with Crippen LogP contribution in [0.25, 0.3) is 0 Å². The highest BCUT2D eigenvalue weighted by molar-refractivity contribution is 5.77. The van der Waals surface area contributed by atoms with Crippen molar-refractivity contribution in [3.05, 3.63) is 11.6 Å². The first-order chi connectivity index (χ1) is 11.5. The summed E-state index contributed by atoms with van der Waals surface area (Å²) in [6.45, 7) is 10.6. The number of aromatic nitrogens is 3. The second-order valence-corrected chi connectivity index (χ2v) is 6.90. The molecule has 0 radical (unpaired) electrons. The fourth-order valence-electron chi connectivity index (χ4n) is 3.25. The molecule has 2 rings (SSSR count). The zero-order valence-electron chi connectivity index (χ0n) is 15.4. The van der Waals surface area contributed by atoms with E-state index >= 15 is 0 Å². The topological polar surface area (TPSA) is 72.3 Å². The Morgan fingerprint density at radius 2 is 2.08 bits per heavy atom. The van der Waals surface area contributed by atoms with Crippen molar-refractivity contribution < 1.29 is 9.53 Å². The zero-order chi connectivity index (χ0) is 17.5. The summed E-state index contributed by atoms with van der Waals surface area (Å²) in [5, 5.41) is 11.9. The summed E-state index contributed by atoms with van der Waals surface area (Å²) in [7, 11) is 1.53. The van der Waals surface area contributed by atoms with Crippen LogP contribution in [0.1, 0.15) is 51.3 Å². The summed E-state index contributed by atoms with van der Waals surface area (Å²) >= 11 is 0. The van der Waals surface area contributed by atoms with E-state index < -0.39 is 0 Å². The number of nitrogens with zero attached hydrogens (tertiary/aromatic N) is 4. The van der Waals surface area contributed by atoms with Gasteiger partial charge in [0.15, 0.2) is 5.82 Å². The molecule has 7 heteroatoms. The minimum absolute atomic E-state index is 0.0693. The minimum atomic E-state index is -0.119. The predicted octanol–water partition coefficient (Wildman–Crippen LogP) is 1.40. The van der Waals surface area contributed by atoms with Crippen molar-refractivity contribution in [3.63, 3.8) is 0 Å². The first kappa shape index (κ1) is 18.9. The summed E-state index contributed by atoms with van der Waals surface area (Å²) in [5.74, 6) is 2.25. The molecule has 1 aromatic rings. The van der Waals surface area contributed by atoms with Crippen LogP contribution >= 0.6 is 0 Å². The molecule has 24 heavy (non-hydrogen) atoms. The van der Waals surface area contributed by atoms with Gasteiger partial charge in [-0.25, -0.2) is 0 Å². The van der Waals surface area contributed by atoms with Crippen molar-refractivity contribution in [1.82, 2.24) is 25.0 Å². The van der Waals surface area contributed by atoms with E-state index in [9.17, 15) is 4.79 Å². The second-order valence-electron chi connectivity index (χ2n) is 6.90. The van der Waals surface area contributed by atoms with Crippen LogP contribution in [-0.2, 0) is 22.5 Å². The molecule has 1 atom stereocenters. The van der Waals surface area contributed by atoms with E-state index in [1.807, 2.05) is 0 Å². The monoisotopic (exact) mass is 337 g/mol. The van der Waals surface area contributed by atoms with Gasteiger partial charge in [0.25, 0.3) is 0 Å². The fourth-order valence-corrected chi connectivity index (χ4v) is 3.25. The Hall–Kier alpha value is -1.47. The third-order valence-electron chi connectivity index (χ3n) is 4.32. The maximum absolute atomic E-state index is 12.0. The molecule has 0 saturated heterocycles. The highest BCUT2D eigenvalue weighted by Gasteiger charge is 2.25. The van der Waals surface area contributed by atoms with Crippen LogP contribution in [0.15, 0.2) is 0 Å². The Morgan fingerprint density at radius 3 is 2.75 bits per heavy atom. The first-order valence-electron chi connectivity index (χ1n) is 8.97. The highest BCUT2D eigenvalue weighted by atomic mass is 16.5. The third kappa shape index (κ3) is 5.01. The molecule has 1 aliphatic rings. The minimum Gasteiger partial charge on any atom is -0.375 e. The largest absolute Gasteiger partial charge is 0.375 e. The van der Waals surface area contributed by atoms with E-state index in [4.69, 9.17) is 4.74 Å². The van der Waals surface area contributed by atoms with E-state index in [-0.39, 0.29) is 18.6 Å². The quantitative estimate of drug-likeness (QED) is 0.776. The first-order valence-corrected chi connectivity index (χ1v) is 8.97. The smallest absolute Gasteiger partial charge is 0.246 e. The molecule has 136 valence electrons. The molecule has 0 aliphatic carbocycles. The summed E-state index contributed by atoms with van der Waals surface area (Å²) in [4.78, 5) is 14.5. The molecular weight excluding hydrogens is 306 g/mol. The van der Waals surface area contributed by atoms with Crippen LogP contribution < -0.4 is 5.32 Å². The summed E-state index contributed by atoms with van der Waals surface area (Å²) in [5.41, 5.74) is 0. The van der Waals surface area contributed by atoms with Crippen molar-refractivity contribution in [1.29, 1.82) is 0 Å². The lowest BCUT2D eigenvalue weighted by Gasteiger charge is -2.22. The Kier molecular flexibility index (Phi) is 7.17. The Balaban J connectivity index is 2.16. The van der Waals surface area contributed by atoms with Crippen LogP contribution in [0, 0.1) is 5.92 Å². The number of hydrogen-bond donors (Lipinski definition) is 1. The van der Waals surface area contributed by atoms with Gasteiger partial charge in [0.1, 0.15) is 12.4 Å². The molecule has 1 aromatic heterocycles. The lowest BCUT2D eigenvalue weighted by atomic mass is 10.0. The second kappa shape index (κ2) is 9.13. The van der Waals surface area contributed by atoms with Gasteiger partial charge in [-0.3, -0.25) is 4.79 Å². The van der Waals surface area contributed by atoms with Crippen molar-refractivity contribution >= 4 is 5.91 Å². The zero-order valence-corrected chi connectivity index (χ0v) is 15.4. The number of carbonyl (C=O) groups excluding carboxylic acids is 1. The number of methoxy groups -OCH3 is 1. The molecule has 0 bridgehead atoms. The Labute approximate surface area is 144 Å². The third-order valence-corrected chi connectivity index (χ3v) is 4.32. The maximum Gasteiger partial charge on any atom is 0.246 e. The number of fused-ring (bicyclic) bond motifs is 1. The van der Waals surface area contributed by atoms with E-state index in [0.29, 0.717) is 5.92 Å². The number of carbonyl (C=O) groups is 1. The summed E-state index contributed by atoms with van der Waals surface area (Å²) in [6.07, 6.45) is 2.91. The molecule has 2 heterocycles. The Morgan fingerprint density at radius 1 is 1.29 bits per heavy atom. The Bertz CT molecular complexity index is 529. The molecular formula is C17H31N5O2. The van der Waals surface area contributed by atoms with Gasteiger partial charge in [0, 0.05) is 33.2 Å². The van der Waals surface area contributed by atoms with Crippen molar-refractivity contribution in [2.24, 2.45) is 5.92 Å². The van der Waals surface area contributed by atoms with E-state index in [1.54, 1.807) is 0 Å². The molecule has 7 nitrogen and oxygen atoms in total. The average molecular weight is 337 g/mol. The van der Waals surface area contributed by atoms with Crippen LogP contribution in [-0.4, -0.2) is 58.9 Å². The normalized spacial score (nSPS) is 16.7. The molecule has 1 unspecified atom stereocenters. The van der Waals surface area contributed by atoms with Gasteiger partial charge in [0.05, 0.1) is 6.04 Å². The molecule has 0 aromatic carbocycles. The van der Waals surface area contributed by atoms with Gasteiger partial charge in [-0.15, -0.1) is 10.2 Å². The van der Waals surface area contributed by atoms with E-state index in [0.717, 1.165) is 57.1 Å². The summed E-state index contributed by atoms with van der Waals surface area (Å²) < 4.78 is 7.14. The molecule has 1 N–H and O–H groups in total. The van der Waals surface area contributed by atoms with Crippen LogP contribution in [0.5, 0.6) is 0 Å². The fraction of sp³-hybridized carbons (Fsp3) is 0.824. The number of hydrogen-bond acceptors (Lipinski definition) is 5. The maximum atomic E-state index is 12.0. The van der Waals surface area contributed by atoms with Crippen molar-refractivity contribution in [2.45, 2.75) is 52.6 Å². The number of rotatable bonds is 8. The SMILES string of the molecule is CCCN1CCc2nnc(C(CC(C)C)NC(=O)COC)n2CC1. The van der Waals surface area contributed by atoms with Gasteiger partial charge in [-0.05, 0) is 25.3 Å². The van der Waals surface area contributed by atoms with Crippen LogP contribution in [0.2, 0.25) is 0 Å². The van der Waals surface area contributed by atoms with Gasteiger partial charge in [-0.1, -0.05) is 20.8 Å². The van der Waals surface area contributed by atoms with E-state index in [1.165, 1.54) is 7.11 Å². The molecule has 0 fully saturated rings. The predicted molar refractivity (Wildman–Crippen MR) is 92.7 cm³/mol. The standard InChI is InChI=1S/C17H31N5O2/c1-5-7-21-8-6-15-19-20-17(22(15)10-9-21)14(11-13(2)3)18-16(23)12-24-4/h13-14H,5-12H2,1-4H3,(H,18,23). The van der Waals surface area contributed by atoms with Crippen molar-refractivity contribution in [3.8, 4) is 0 Å². The van der Waals surface area contributed by atoms with Gasteiger partial charge in [0.2, 0.25) is 5.91 Å². The average Bonchev–Trinajstić information content (AvgIpc) is 2.82. The number of nitrogens with one attached hydrogen (secondary N) is 1. The molecule has 1 amide bonds. The van der Waals surface area contributed by atoms with Gasteiger partial charge < -0.3 is 19.5 Å². The lowest BCUT2D eigenvalue weighted by molar-refractivity contribution is -0.125. The lowest BCUT2D eigenvalue weighted by Crippen LogP contribution is -2.34. The number of ether oxygens (including phenoxy) is 1. The summed E-state index contributed by atoms with van der Waals surface area (Å²) in [6, 6.07) is -0.119. The van der Waals surface area contributed by atoms with Crippen LogP contribution in [0.3, 0.4) is 0 Å². The highest BCUT2D eigenvalue weighted by Crippen LogP contribution is 2.22. The van der Waals surface area contributed by atoms with Crippen molar-refractivity contribution in [2.75, 3.05) is 33.4 Å². The van der Waals surface area contributed by atoms with Crippen LogP contribution in [0.4, 0.5) is 0 Å². The van der Waals surface area contributed by atoms with Gasteiger partial charge >= 0.3 is 0 Å². The number of amides is 1. The molecule has 0 spiro atoms.